The molecule has 0 saturated heterocycles. The predicted octanol–water partition coefficient (Wildman–Crippen LogP) is 6.32. The molecule has 0 rings (SSSR count). The highest BCUT2D eigenvalue weighted by Crippen LogP contribution is 2.33. The van der Waals surface area contributed by atoms with E-state index in [1.54, 1.807) is 0 Å². The zero-order chi connectivity index (χ0) is 15.2. The number of halogens is 4. The van der Waals surface area contributed by atoms with E-state index >= 15 is 0 Å². The van der Waals surface area contributed by atoms with Crippen LogP contribution in [-0.4, -0.2) is 21.3 Å². The molecule has 0 atom stereocenters. The molecule has 20 heavy (non-hydrogen) atoms. The van der Waals surface area contributed by atoms with Crippen LogP contribution in [0.25, 0.3) is 0 Å². The van der Waals surface area contributed by atoms with Crippen LogP contribution in [0, 0.1) is 0 Å². The van der Waals surface area contributed by atoms with E-state index < -0.39 is 8.25 Å². The summed E-state index contributed by atoms with van der Waals surface area (Å²) in [4.78, 5) is 0. The Morgan fingerprint density at radius 2 is 1.20 bits per heavy atom. The Morgan fingerprint density at radius 3 is 1.50 bits per heavy atom. The molecule has 0 fully saturated rings. The zero-order valence-electron chi connectivity index (χ0n) is 11.0. The van der Waals surface area contributed by atoms with Crippen LogP contribution < -0.4 is 0 Å². The third-order valence-electron chi connectivity index (χ3n) is 2.07. The van der Waals surface area contributed by atoms with Gasteiger partial charge in [-0.1, -0.05) is 63.7 Å². The molecule has 0 bridgehead atoms. The van der Waals surface area contributed by atoms with Gasteiger partial charge in [0, 0.05) is 34.2 Å². The van der Waals surface area contributed by atoms with Gasteiger partial charge >= 0.3 is 8.25 Å². The summed E-state index contributed by atoms with van der Waals surface area (Å²) in [6, 6.07) is 0. The Balaban J connectivity index is 4.47. The lowest BCUT2D eigenvalue weighted by Crippen LogP contribution is -1.92. The monoisotopic (exact) mass is 558 g/mol. The van der Waals surface area contributed by atoms with Crippen LogP contribution in [-0.2, 0) is 13.6 Å². The second-order valence-corrected chi connectivity index (χ2v) is 7.71. The molecule has 0 aliphatic carbocycles. The maximum absolute atomic E-state index is 11.9. The van der Waals surface area contributed by atoms with Crippen molar-refractivity contribution in [2.24, 2.45) is 0 Å². The zero-order valence-corrected chi connectivity index (χ0v) is 18.4. The van der Waals surface area contributed by atoms with Gasteiger partial charge in [-0.25, -0.2) is 4.57 Å². The highest BCUT2D eigenvalue weighted by Gasteiger charge is 2.08. The summed E-state index contributed by atoms with van der Waals surface area (Å²) < 4.78 is 22.8. The molecule has 0 aromatic heterocycles. The summed E-state index contributed by atoms with van der Waals surface area (Å²) in [6.45, 7) is 0. The van der Waals surface area contributed by atoms with E-state index in [9.17, 15) is 4.57 Å². The molecule has 3 nitrogen and oxygen atoms in total. The number of hydrogen-bond donors (Lipinski definition) is 0. The third-order valence-corrected chi connectivity index (χ3v) is 4.64. The van der Waals surface area contributed by atoms with Gasteiger partial charge in [0.25, 0.3) is 0 Å². The molecule has 0 heterocycles. The fraction of sp³-hybridized carbons (Fsp3) is 0.667. The first-order valence-corrected chi connectivity index (χ1v) is 11.9. The molecule has 0 amide bonds. The minimum atomic E-state index is -2.55. The molecule has 8 heteroatoms. The van der Waals surface area contributed by atoms with Crippen LogP contribution in [0.4, 0.5) is 0 Å². The van der Waals surface area contributed by atoms with Crippen molar-refractivity contribution < 1.29 is 13.6 Å². The first kappa shape index (κ1) is 21.2. The normalized spacial score (nSPS) is 12.8. The first-order chi connectivity index (χ1) is 9.67. The molecule has 0 unspecified atom stereocenters. The van der Waals surface area contributed by atoms with Gasteiger partial charge < -0.3 is 9.05 Å². The molecule has 0 aromatic rings. The Labute approximate surface area is 155 Å². The number of hydrogen-bond acceptors (Lipinski definition) is 3. The summed E-state index contributed by atoms with van der Waals surface area (Å²) in [6.07, 6.45) is 6.95. The minimum Gasteiger partial charge on any atom is -0.423 e. The second kappa shape index (κ2) is 15.1. The third kappa shape index (κ3) is 11.8. The van der Waals surface area contributed by atoms with Crippen molar-refractivity contribution in [2.45, 2.75) is 25.7 Å². The van der Waals surface area contributed by atoms with Gasteiger partial charge in [-0.15, -0.1) is 0 Å². The van der Waals surface area contributed by atoms with E-state index in [1.807, 2.05) is 12.2 Å². The van der Waals surface area contributed by atoms with Crippen molar-refractivity contribution in [1.29, 1.82) is 0 Å². The van der Waals surface area contributed by atoms with Crippen molar-refractivity contribution >= 4 is 72.0 Å². The van der Waals surface area contributed by atoms with Crippen LogP contribution in [0.3, 0.4) is 0 Å². The van der Waals surface area contributed by atoms with E-state index in [0.717, 1.165) is 34.2 Å². The van der Waals surface area contributed by atoms with Crippen LogP contribution in [0.1, 0.15) is 25.7 Å². The first-order valence-electron chi connectivity index (χ1n) is 6.19. The Hall–Kier alpha value is 1.23. The Kier molecular flexibility index (Phi) is 16.1. The molecular formula is C12H19Br4O3P. The van der Waals surface area contributed by atoms with Gasteiger partial charge in [0.05, 0.1) is 0 Å². The lowest BCUT2D eigenvalue weighted by Gasteiger charge is -2.12. The van der Waals surface area contributed by atoms with Crippen molar-refractivity contribution in [3.63, 3.8) is 0 Å². The van der Waals surface area contributed by atoms with Gasteiger partial charge in [0.15, 0.2) is 0 Å². The fourth-order valence-corrected chi connectivity index (χ4v) is 3.32. The van der Waals surface area contributed by atoms with Crippen LogP contribution >= 0.6 is 72.0 Å². The van der Waals surface area contributed by atoms with Crippen molar-refractivity contribution in [3.8, 4) is 0 Å². The van der Waals surface area contributed by atoms with Crippen molar-refractivity contribution in [2.75, 3.05) is 21.3 Å². The molecule has 0 N–H and O–H groups in total. The molecule has 0 spiro atoms. The molecule has 0 saturated carbocycles. The van der Waals surface area contributed by atoms with Gasteiger partial charge in [-0.2, -0.15) is 0 Å². The quantitative estimate of drug-likeness (QED) is 0.159. The highest BCUT2D eigenvalue weighted by atomic mass is 79.9. The van der Waals surface area contributed by atoms with Crippen molar-refractivity contribution in [1.82, 2.24) is 0 Å². The van der Waals surface area contributed by atoms with E-state index in [2.05, 4.69) is 63.7 Å². The van der Waals surface area contributed by atoms with E-state index in [1.165, 1.54) is 0 Å². The minimum absolute atomic E-state index is 0.700. The van der Waals surface area contributed by atoms with Gasteiger partial charge in [0.1, 0.15) is 11.5 Å². The average molecular weight is 562 g/mol. The standard InChI is InChI=1S/C12H19Br4O3P/c13-7-1-3-11(5-9-15)18-20(17)19-12(6-10-16)4-2-8-14/h3-4,20H,1-2,5-10H2/b11-3-,12-4-. The Morgan fingerprint density at radius 1 is 0.800 bits per heavy atom. The lowest BCUT2D eigenvalue weighted by molar-refractivity contribution is 0.304. The summed E-state index contributed by atoms with van der Waals surface area (Å²) in [7, 11) is -2.55. The van der Waals surface area contributed by atoms with Crippen LogP contribution in [0.2, 0.25) is 0 Å². The largest absolute Gasteiger partial charge is 0.423 e. The maximum Gasteiger partial charge on any atom is 0.418 e. The molecular weight excluding hydrogens is 543 g/mol. The average Bonchev–Trinajstić information content (AvgIpc) is 2.42. The fourth-order valence-electron chi connectivity index (χ4n) is 1.24. The number of allylic oxidation sites excluding steroid dienone is 4. The molecule has 0 aromatic carbocycles. The Bertz CT molecular complexity index is 305. The van der Waals surface area contributed by atoms with Crippen LogP contribution in [0.15, 0.2) is 23.7 Å². The molecule has 0 aliphatic heterocycles. The molecule has 118 valence electrons. The van der Waals surface area contributed by atoms with Crippen molar-refractivity contribution in [3.05, 3.63) is 23.7 Å². The summed E-state index contributed by atoms with van der Waals surface area (Å²) in [5.74, 6) is 1.42. The van der Waals surface area contributed by atoms with Gasteiger partial charge in [0.2, 0.25) is 0 Å². The van der Waals surface area contributed by atoms with E-state index in [-0.39, 0.29) is 0 Å². The van der Waals surface area contributed by atoms with E-state index in [4.69, 9.17) is 9.05 Å². The topological polar surface area (TPSA) is 35.5 Å². The SMILES string of the molecule is O=[PH](O/C(=C\CCBr)CCBr)O/C(=C\CCBr)CCBr. The van der Waals surface area contributed by atoms with Gasteiger partial charge in [-0.05, 0) is 25.0 Å². The maximum atomic E-state index is 11.9. The summed E-state index contributed by atoms with van der Waals surface area (Å²) in [5.41, 5.74) is 0. The van der Waals surface area contributed by atoms with Gasteiger partial charge in [-0.3, -0.25) is 0 Å². The molecule has 0 radical (unpaired) electrons. The number of alkyl halides is 4. The predicted molar refractivity (Wildman–Crippen MR) is 101 cm³/mol. The number of rotatable bonds is 12. The second-order valence-electron chi connectivity index (χ2n) is 3.63. The van der Waals surface area contributed by atoms with Crippen LogP contribution in [0.5, 0.6) is 0 Å². The molecule has 0 aliphatic rings. The summed E-state index contributed by atoms with van der Waals surface area (Å²) in [5, 5.41) is 3.24. The smallest absolute Gasteiger partial charge is 0.418 e. The lowest BCUT2D eigenvalue weighted by atomic mass is 10.3. The highest BCUT2D eigenvalue weighted by molar-refractivity contribution is 9.09. The summed E-state index contributed by atoms with van der Waals surface area (Å²) >= 11 is 13.4. The van der Waals surface area contributed by atoms with E-state index in [0.29, 0.717) is 24.4 Å².